The van der Waals surface area contributed by atoms with Crippen LogP contribution in [0.2, 0.25) is 0 Å². The van der Waals surface area contributed by atoms with E-state index >= 15 is 0 Å². The zero-order valence-corrected chi connectivity index (χ0v) is 16.2. The van der Waals surface area contributed by atoms with Gasteiger partial charge in [0.15, 0.2) is 0 Å². The van der Waals surface area contributed by atoms with Crippen molar-refractivity contribution in [2.75, 3.05) is 32.1 Å². The van der Waals surface area contributed by atoms with Crippen LogP contribution >= 0.6 is 0 Å². The fourth-order valence-electron chi connectivity index (χ4n) is 3.29. The molecular formula is C19H25N5O3. The lowest BCUT2D eigenvalue weighted by Gasteiger charge is -2.35. The Morgan fingerprint density at radius 1 is 1.22 bits per heavy atom. The summed E-state index contributed by atoms with van der Waals surface area (Å²) in [4.78, 5) is 23.7. The molecule has 0 unspecified atom stereocenters. The largest absolute Gasteiger partial charge is 0.434 e. The van der Waals surface area contributed by atoms with Crippen molar-refractivity contribution < 1.29 is 9.66 Å². The van der Waals surface area contributed by atoms with Gasteiger partial charge in [-0.25, -0.2) is 4.98 Å². The third kappa shape index (κ3) is 4.16. The van der Waals surface area contributed by atoms with Gasteiger partial charge in [-0.3, -0.25) is 10.1 Å². The van der Waals surface area contributed by atoms with E-state index < -0.39 is 4.92 Å². The van der Waals surface area contributed by atoms with Crippen molar-refractivity contribution in [2.45, 2.75) is 32.7 Å². The first-order valence-corrected chi connectivity index (χ1v) is 9.02. The lowest BCUT2D eigenvalue weighted by Crippen LogP contribution is -2.42. The highest BCUT2D eigenvalue weighted by Crippen LogP contribution is 2.37. The van der Waals surface area contributed by atoms with Gasteiger partial charge in [0.05, 0.1) is 4.92 Å². The van der Waals surface area contributed by atoms with Crippen molar-refractivity contribution >= 4 is 11.5 Å². The molecule has 8 nitrogen and oxygen atoms in total. The first kappa shape index (κ1) is 19.0. The minimum atomic E-state index is -0.461. The van der Waals surface area contributed by atoms with Gasteiger partial charge in [0.25, 0.3) is 0 Å². The smallest absolute Gasteiger partial charge is 0.373 e. The second-order valence-electron chi connectivity index (χ2n) is 7.10. The summed E-state index contributed by atoms with van der Waals surface area (Å²) in [7, 11) is 3.93. The van der Waals surface area contributed by atoms with Crippen LogP contribution < -0.4 is 9.64 Å². The van der Waals surface area contributed by atoms with E-state index in [0.717, 1.165) is 37.1 Å². The molecule has 3 rings (SSSR count). The molecule has 0 radical (unpaired) electrons. The van der Waals surface area contributed by atoms with E-state index in [1.54, 1.807) is 6.07 Å². The van der Waals surface area contributed by atoms with Crippen molar-refractivity contribution in [1.82, 2.24) is 14.9 Å². The summed E-state index contributed by atoms with van der Waals surface area (Å²) < 4.78 is 5.77. The van der Waals surface area contributed by atoms with Crippen LogP contribution in [0, 0.1) is 24.0 Å². The van der Waals surface area contributed by atoms with Gasteiger partial charge in [0.2, 0.25) is 5.82 Å². The van der Waals surface area contributed by atoms with Crippen LogP contribution in [0.1, 0.15) is 24.0 Å². The molecule has 27 heavy (non-hydrogen) atoms. The highest BCUT2D eigenvalue weighted by Gasteiger charge is 2.31. The number of aromatic nitrogens is 2. The standard InChI is InChI=1S/C19H25N5O3/c1-13-5-6-16(11-14(13)2)27-19-17(24(25)26)18(20-12-21-19)23(4)15-7-9-22(3)10-8-15/h5-6,11-12,15H,7-10H2,1-4H3. The van der Waals surface area contributed by atoms with Gasteiger partial charge in [-0.15, -0.1) is 0 Å². The summed E-state index contributed by atoms with van der Waals surface area (Å²) in [5, 5.41) is 11.8. The van der Waals surface area contributed by atoms with Crippen molar-refractivity contribution in [3.05, 3.63) is 45.8 Å². The molecule has 1 aliphatic heterocycles. The van der Waals surface area contributed by atoms with Crippen LogP contribution in [0.5, 0.6) is 11.6 Å². The van der Waals surface area contributed by atoms with E-state index in [9.17, 15) is 10.1 Å². The molecule has 0 aliphatic carbocycles. The Kier molecular flexibility index (Phi) is 5.55. The monoisotopic (exact) mass is 371 g/mol. The molecule has 2 heterocycles. The number of aryl methyl sites for hydroxylation is 2. The van der Waals surface area contributed by atoms with Crippen molar-refractivity contribution in [2.24, 2.45) is 0 Å². The third-order valence-corrected chi connectivity index (χ3v) is 5.21. The third-order valence-electron chi connectivity index (χ3n) is 5.21. The Labute approximate surface area is 158 Å². The molecule has 1 saturated heterocycles. The Balaban J connectivity index is 1.92. The highest BCUT2D eigenvalue weighted by molar-refractivity contribution is 5.63. The predicted molar refractivity (Wildman–Crippen MR) is 104 cm³/mol. The van der Waals surface area contributed by atoms with Crippen LogP contribution in [0.3, 0.4) is 0 Å². The number of hydrogen-bond acceptors (Lipinski definition) is 7. The fraction of sp³-hybridized carbons (Fsp3) is 0.474. The molecule has 0 bridgehead atoms. The molecule has 1 fully saturated rings. The van der Waals surface area contributed by atoms with E-state index in [1.165, 1.54) is 6.33 Å². The zero-order valence-electron chi connectivity index (χ0n) is 16.2. The maximum atomic E-state index is 11.8. The number of piperidine rings is 1. The van der Waals surface area contributed by atoms with Gasteiger partial charge in [-0.2, -0.15) is 4.98 Å². The quantitative estimate of drug-likeness (QED) is 0.589. The van der Waals surface area contributed by atoms with E-state index in [1.807, 2.05) is 37.9 Å². The van der Waals surface area contributed by atoms with Crippen molar-refractivity contribution in [3.8, 4) is 11.6 Å². The molecule has 8 heteroatoms. The normalized spacial score (nSPS) is 15.6. The number of benzene rings is 1. The van der Waals surface area contributed by atoms with Gasteiger partial charge in [-0.1, -0.05) is 6.07 Å². The van der Waals surface area contributed by atoms with Crippen LogP contribution in [-0.4, -0.2) is 53.0 Å². The van der Waals surface area contributed by atoms with E-state index in [4.69, 9.17) is 4.74 Å². The van der Waals surface area contributed by atoms with Crippen LogP contribution in [0.15, 0.2) is 24.5 Å². The minimum absolute atomic E-state index is 0.0342. The van der Waals surface area contributed by atoms with Crippen molar-refractivity contribution in [1.29, 1.82) is 0 Å². The van der Waals surface area contributed by atoms with E-state index in [-0.39, 0.29) is 17.6 Å². The summed E-state index contributed by atoms with van der Waals surface area (Å²) in [5.74, 6) is 0.782. The number of anilines is 1. The molecule has 1 aromatic carbocycles. The van der Waals surface area contributed by atoms with Gasteiger partial charge < -0.3 is 14.5 Å². The first-order valence-electron chi connectivity index (χ1n) is 9.02. The van der Waals surface area contributed by atoms with Crippen LogP contribution in [0.25, 0.3) is 0 Å². The molecule has 0 N–H and O–H groups in total. The lowest BCUT2D eigenvalue weighted by atomic mass is 10.0. The summed E-state index contributed by atoms with van der Waals surface area (Å²) in [5.41, 5.74) is 1.98. The average Bonchev–Trinajstić information content (AvgIpc) is 2.64. The van der Waals surface area contributed by atoms with Gasteiger partial charge >= 0.3 is 11.6 Å². The number of likely N-dealkylation sites (tertiary alicyclic amines) is 1. The number of nitro groups is 1. The Bertz CT molecular complexity index is 834. The zero-order chi connectivity index (χ0) is 19.6. The molecule has 144 valence electrons. The van der Waals surface area contributed by atoms with Crippen LogP contribution in [-0.2, 0) is 0 Å². The average molecular weight is 371 g/mol. The number of ether oxygens (including phenoxy) is 1. The molecule has 0 amide bonds. The number of nitrogens with zero attached hydrogens (tertiary/aromatic N) is 5. The Morgan fingerprint density at radius 2 is 1.93 bits per heavy atom. The number of rotatable bonds is 5. The second-order valence-corrected chi connectivity index (χ2v) is 7.10. The summed E-state index contributed by atoms with van der Waals surface area (Å²) in [6, 6.07) is 5.75. The molecule has 0 saturated carbocycles. The SMILES string of the molecule is Cc1ccc(Oc2ncnc(N(C)C3CCN(C)CC3)c2[N+](=O)[O-])cc1C. The fourth-order valence-corrected chi connectivity index (χ4v) is 3.29. The maximum absolute atomic E-state index is 11.8. The first-order chi connectivity index (χ1) is 12.9. The van der Waals surface area contributed by atoms with Gasteiger partial charge in [0, 0.05) is 13.1 Å². The molecule has 1 aromatic heterocycles. The summed E-state index contributed by atoms with van der Waals surface area (Å²) in [6.07, 6.45) is 3.19. The molecule has 1 aliphatic rings. The molecular weight excluding hydrogens is 346 g/mol. The topological polar surface area (TPSA) is 84.6 Å². The number of hydrogen-bond donors (Lipinski definition) is 0. The molecule has 2 aromatic rings. The summed E-state index contributed by atoms with van der Waals surface area (Å²) >= 11 is 0. The maximum Gasteiger partial charge on any atom is 0.373 e. The molecule has 0 spiro atoms. The van der Waals surface area contributed by atoms with Gasteiger partial charge in [-0.05, 0) is 70.1 Å². The van der Waals surface area contributed by atoms with Crippen molar-refractivity contribution in [3.63, 3.8) is 0 Å². The minimum Gasteiger partial charge on any atom is -0.434 e. The predicted octanol–water partition coefficient (Wildman–Crippen LogP) is 3.32. The highest BCUT2D eigenvalue weighted by atomic mass is 16.6. The summed E-state index contributed by atoms with van der Waals surface area (Å²) in [6.45, 7) is 5.89. The van der Waals surface area contributed by atoms with E-state index in [0.29, 0.717) is 11.6 Å². The van der Waals surface area contributed by atoms with Crippen LogP contribution in [0.4, 0.5) is 11.5 Å². The molecule has 0 atom stereocenters. The van der Waals surface area contributed by atoms with E-state index in [2.05, 4.69) is 21.9 Å². The lowest BCUT2D eigenvalue weighted by molar-refractivity contribution is -0.385. The Hall–Kier alpha value is -2.74. The Morgan fingerprint density at radius 3 is 2.56 bits per heavy atom. The van der Waals surface area contributed by atoms with Gasteiger partial charge in [0.1, 0.15) is 12.1 Å². The second kappa shape index (κ2) is 7.87.